The lowest BCUT2D eigenvalue weighted by Crippen LogP contribution is -2.28. The van der Waals surface area contributed by atoms with Gasteiger partial charge in [0.1, 0.15) is 6.33 Å². The average molecular weight is 339 g/mol. The van der Waals surface area contributed by atoms with Crippen LogP contribution in [0.4, 0.5) is 23.0 Å². The van der Waals surface area contributed by atoms with Crippen LogP contribution in [0.1, 0.15) is 6.92 Å². The van der Waals surface area contributed by atoms with Crippen molar-refractivity contribution in [1.29, 1.82) is 0 Å². The van der Waals surface area contributed by atoms with Crippen LogP contribution in [-0.2, 0) is 0 Å². The molecule has 2 N–H and O–H groups in total. The number of pyridine rings is 1. The fourth-order valence-electron chi connectivity index (χ4n) is 2.00. The van der Waals surface area contributed by atoms with E-state index in [0.29, 0.717) is 12.2 Å². The molecule has 0 spiro atoms. The fraction of sp³-hybridized carbons (Fsp3) is 0.308. The van der Waals surface area contributed by atoms with E-state index in [1.807, 2.05) is 6.92 Å². The number of aliphatic hydroxyl groups excluding tert-OH is 1. The summed E-state index contributed by atoms with van der Waals surface area (Å²) in [5.74, 6) is 0.135. The van der Waals surface area contributed by atoms with E-state index in [2.05, 4.69) is 20.3 Å². The summed E-state index contributed by atoms with van der Waals surface area (Å²) < 4.78 is 0. The smallest absolute Gasteiger partial charge is 0.353 e. The van der Waals surface area contributed by atoms with E-state index >= 15 is 0 Å². The van der Waals surface area contributed by atoms with Crippen LogP contribution in [-0.4, -0.2) is 44.7 Å². The van der Waals surface area contributed by atoms with Gasteiger partial charge in [0, 0.05) is 19.3 Å². The minimum Gasteiger partial charge on any atom is -0.395 e. The predicted molar refractivity (Wildman–Crippen MR) is 86.2 cm³/mol. The van der Waals surface area contributed by atoms with Gasteiger partial charge in [0.25, 0.3) is 0 Å². The summed E-state index contributed by atoms with van der Waals surface area (Å²) in [6.07, 6.45) is 2.72. The highest BCUT2D eigenvalue weighted by Gasteiger charge is 2.26. The third kappa shape index (κ3) is 3.82. The zero-order chi connectivity index (χ0) is 16.8. The molecule has 0 fully saturated rings. The molecule has 0 saturated heterocycles. The summed E-state index contributed by atoms with van der Waals surface area (Å²) in [6.45, 7) is 2.34. The van der Waals surface area contributed by atoms with Crippen LogP contribution in [0, 0.1) is 10.1 Å². The van der Waals surface area contributed by atoms with Crippen molar-refractivity contribution in [2.45, 2.75) is 6.92 Å². The van der Waals surface area contributed by atoms with Gasteiger partial charge >= 0.3 is 5.69 Å². The molecular formula is C13H15ClN6O3. The first-order valence-corrected chi connectivity index (χ1v) is 7.19. The summed E-state index contributed by atoms with van der Waals surface area (Å²) >= 11 is 5.96. The number of likely N-dealkylation sites (N-methyl/N-ethyl adjacent to an activating group) is 1. The summed E-state index contributed by atoms with van der Waals surface area (Å²) in [5.41, 5.74) is 0.106. The molecule has 23 heavy (non-hydrogen) atoms. The standard InChI is InChI=1S/C13H15ClN6O3/c1-2-19(6-7-21)13-10(20(22)23)12(16-8-17-13)18-9-4-3-5-15-11(9)14/h3-5,8,21H,2,6-7H2,1H3,(H,16,17,18). The van der Waals surface area contributed by atoms with Crippen molar-refractivity contribution in [3.05, 3.63) is 39.9 Å². The molecule has 2 aromatic heterocycles. The lowest BCUT2D eigenvalue weighted by atomic mass is 10.3. The Morgan fingerprint density at radius 2 is 2.22 bits per heavy atom. The van der Waals surface area contributed by atoms with E-state index in [-0.39, 0.29) is 35.6 Å². The number of nitrogens with zero attached hydrogens (tertiary/aromatic N) is 5. The van der Waals surface area contributed by atoms with Gasteiger partial charge in [-0.3, -0.25) is 10.1 Å². The molecular weight excluding hydrogens is 324 g/mol. The number of aliphatic hydroxyl groups is 1. The SMILES string of the molecule is CCN(CCO)c1ncnc(Nc2cccnc2Cl)c1[N+](=O)[O-]. The Balaban J connectivity index is 2.48. The van der Waals surface area contributed by atoms with Crippen LogP contribution >= 0.6 is 11.6 Å². The molecule has 0 aliphatic carbocycles. The molecule has 0 radical (unpaired) electrons. The van der Waals surface area contributed by atoms with Gasteiger partial charge in [-0.15, -0.1) is 0 Å². The van der Waals surface area contributed by atoms with Crippen molar-refractivity contribution in [3.8, 4) is 0 Å². The second-order valence-corrected chi connectivity index (χ2v) is 4.78. The lowest BCUT2D eigenvalue weighted by molar-refractivity contribution is -0.383. The fourth-order valence-corrected chi connectivity index (χ4v) is 2.17. The Morgan fingerprint density at radius 3 is 2.83 bits per heavy atom. The van der Waals surface area contributed by atoms with E-state index in [0.717, 1.165) is 0 Å². The van der Waals surface area contributed by atoms with Gasteiger partial charge in [0.05, 0.1) is 17.2 Å². The van der Waals surface area contributed by atoms with E-state index in [4.69, 9.17) is 16.7 Å². The first-order valence-electron chi connectivity index (χ1n) is 6.81. The number of aromatic nitrogens is 3. The van der Waals surface area contributed by atoms with Crippen molar-refractivity contribution < 1.29 is 10.0 Å². The van der Waals surface area contributed by atoms with E-state index in [1.165, 1.54) is 12.5 Å². The predicted octanol–water partition coefficient (Wildman–Crippen LogP) is 2.00. The van der Waals surface area contributed by atoms with Gasteiger partial charge in [-0.05, 0) is 19.1 Å². The molecule has 0 aliphatic rings. The molecule has 2 heterocycles. The van der Waals surface area contributed by atoms with Crippen molar-refractivity contribution in [3.63, 3.8) is 0 Å². The summed E-state index contributed by atoms with van der Waals surface area (Å²) in [5, 5.41) is 23.6. The van der Waals surface area contributed by atoms with E-state index < -0.39 is 4.92 Å². The second kappa shape index (κ2) is 7.65. The third-order valence-electron chi connectivity index (χ3n) is 3.05. The van der Waals surface area contributed by atoms with Crippen LogP contribution in [0.2, 0.25) is 5.15 Å². The van der Waals surface area contributed by atoms with Crippen molar-refractivity contribution >= 4 is 34.6 Å². The summed E-state index contributed by atoms with van der Waals surface area (Å²) in [4.78, 5) is 24.3. The van der Waals surface area contributed by atoms with Crippen LogP contribution in [0.15, 0.2) is 24.7 Å². The zero-order valence-electron chi connectivity index (χ0n) is 12.3. The first kappa shape index (κ1) is 16.8. The maximum atomic E-state index is 11.5. The van der Waals surface area contributed by atoms with Gasteiger partial charge in [-0.25, -0.2) is 15.0 Å². The zero-order valence-corrected chi connectivity index (χ0v) is 13.1. The number of hydrogen-bond acceptors (Lipinski definition) is 8. The van der Waals surface area contributed by atoms with Gasteiger partial charge in [-0.2, -0.15) is 0 Å². The lowest BCUT2D eigenvalue weighted by Gasteiger charge is -2.21. The minimum atomic E-state index is -0.567. The maximum absolute atomic E-state index is 11.5. The number of anilines is 3. The second-order valence-electron chi connectivity index (χ2n) is 4.42. The Hall–Kier alpha value is -2.52. The van der Waals surface area contributed by atoms with Crippen LogP contribution in [0.5, 0.6) is 0 Å². The highest BCUT2D eigenvalue weighted by Crippen LogP contribution is 2.34. The van der Waals surface area contributed by atoms with Crippen LogP contribution < -0.4 is 10.2 Å². The van der Waals surface area contributed by atoms with E-state index in [9.17, 15) is 10.1 Å². The average Bonchev–Trinajstić information content (AvgIpc) is 2.54. The normalized spacial score (nSPS) is 10.4. The van der Waals surface area contributed by atoms with Crippen LogP contribution in [0.3, 0.4) is 0 Å². The molecule has 0 amide bonds. The first-order chi connectivity index (χ1) is 11.1. The molecule has 0 unspecified atom stereocenters. The highest BCUT2D eigenvalue weighted by molar-refractivity contribution is 6.32. The Kier molecular flexibility index (Phi) is 5.61. The van der Waals surface area contributed by atoms with Crippen LogP contribution in [0.25, 0.3) is 0 Å². The van der Waals surface area contributed by atoms with E-state index in [1.54, 1.807) is 17.0 Å². The number of hydrogen-bond donors (Lipinski definition) is 2. The van der Waals surface area contributed by atoms with Gasteiger partial charge in [-0.1, -0.05) is 11.6 Å². The molecule has 0 bridgehead atoms. The third-order valence-corrected chi connectivity index (χ3v) is 3.35. The van der Waals surface area contributed by atoms with Gasteiger partial charge in [0.15, 0.2) is 5.15 Å². The molecule has 2 rings (SSSR count). The number of halogens is 1. The maximum Gasteiger partial charge on any atom is 0.353 e. The van der Waals surface area contributed by atoms with Crippen molar-refractivity contribution in [1.82, 2.24) is 15.0 Å². The van der Waals surface area contributed by atoms with Gasteiger partial charge < -0.3 is 15.3 Å². The quantitative estimate of drug-likeness (QED) is 0.447. The molecule has 0 saturated carbocycles. The molecule has 2 aromatic rings. The highest BCUT2D eigenvalue weighted by atomic mass is 35.5. The molecule has 122 valence electrons. The summed E-state index contributed by atoms with van der Waals surface area (Å²) in [6, 6.07) is 3.28. The van der Waals surface area contributed by atoms with Gasteiger partial charge in [0.2, 0.25) is 11.6 Å². The molecule has 0 aliphatic heterocycles. The molecule has 9 nitrogen and oxygen atoms in total. The largest absolute Gasteiger partial charge is 0.395 e. The summed E-state index contributed by atoms with van der Waals surface area (Å²) in [7, 11) is 0. The Bertz CT molecular complexity index is 699. The topological polar surface area (TPSA) is 117 Å². The molecule has 0 aromatic carbocycles. The Labute approximate surface area is 137 Å². The van der Waals surface area contributed by atoms with Crippen molar-refractivity contribution in [2.24, 2.45) is 0 Å². The minimum absolute atomic E-state index is 0.00582. The monoisotopic (exact) mass is 338 g/mol. The van der Waals surface area contributed by atoms with Crippen molar-refractivity contribution in [2.75, 3.05) is 29.9 Å². The Morgan fingerprint density at radius 1 is 1.43 bits per heavy atom. The number of nitrogens with one attached hydrogen (secondary N) is 1. The molecule has 10 heteroatoms. The number of nitro groups is 1. The number of rotatable bonds is 7. The molecule has 0 atom stereocenters.